The predicted molar refractivity (Wildman–Crippen MR) is 112 cm³/mol. The van der Waals surface area contributed by atoms with E-state index in [1.165, 1.54) is 0 Å². The van der Waals surface area contributed by atoms with Crippen molar-refractivity contribution in [3.63, 3.8) is 0 Å². The standard InChI is InChI=1S/C23H26N2O5/c1-16(30-18-11-3-2-4-12-18)23(28)29-15-21(26)25-20-14-8-7-13-19(20)22(27)24-17-9-5-6-10-17/h2-4,7-8,11-14,16-17H,5-6,9-10,15H2,1H3,(H,24,27)(H,25,26)/t16-/m0/s1. The molecule has 1 aliphatic carbocycles. The molecule has 1 aliphatic rings. The third kappa shape index (κ3) is 6.07. The van der Waals surface area contributed by atoms with Gasteiger partial charge in [0.05, 0.1) is 11.3 Å². The summed E-state index contributed by atoms with van der Waals surface area (Å²) in [5, 5.41) is 5.65. The molecule has 2 N–H and O–H groups in total. The van der Waals surface area contributed by atoms with E-state index in [4.69, 9.17) is 9.47 Å². The number of anilines is 1. The lowest BCUT2D eigenvalue weighted by Gasteiger charge is -2.16. The molecule has 0 radical (unpaired) electrons. The first-order valence-electron chi connectivity index (χ1n) is 10.1. The Labute approximate surface area is 175 Å². The van der Waals surface area contributed by atoms with Crippen LogP contribution in [0.2, 0.25) is 0 Å². The van der Waals surface area contributed by atoms with E-state index < -0.39 is 24.6 Å². The lowest BCUT2D eigenvalue weighted by atomic mass is 10.1. The SMILES string of the molecule is C[C@H](Oc1ccccc1)C(=O)OCC(=O)Nc1ccccc1C(=O)NC1CCCC1. The van der Waals surface area contributed by atoms with E-state index in [1.54, 1.807) is 55.5 Å². The summed E-state index contributed by atoms with van der Waals surface area (Å²) in [6.07, 6.45) is 3.31. The van der Waals surface area contributed by atoms with E-state index in [0.717, 1.165) is 25.7 Å². The Kier molecular flexibility index (Phi) is 7.43. The van der Waals surface area contributed by atoms with Crippen molar-refractivity contribution in [3.8, 4) is 5.75 Å². The summed E-state index contributed by atoms with van der Waals surface area (Å²) >= 11 is 0. The van der Waals surface area contributed by atoms with Crippen molar-refractivity contribution in [1.29, 1.82) is 0 Å². The van der Waals surface area contributed by atoms with Crippen molar-refractivity contribution in [1.82, 2.24) is 5.32 Å². The molecule has 0 bridgehead atoms. The van der Waals surface area contributed by atoms with E-state index in [0.29, 0.717) is 17.0 Å². The second kappa shape index (κ2) is 10.4. The van der Waals surface area contributed by atoms with Crippen LogP contribution in [-0.2, 0) is 14.3 Å². The second-order valence-electron chi connectivity index (χ2n) is 7.23. The number of hydrogen-bond donors (Lipinski definition) is 2. The summed E-state index contributed by atoms with van der Waals surface area (Å²) in [5.41, 5.74) is 0.757. The maximum atomic E-state index is 12.6. The quantitative estimate of drug-likeness (QED) is 0.651. The third-order valence-electron chi connectivity index (χ3n) is 4.87. The summed E-state index contributed by atoms with van der Waals surface area (Å²) in [6, 6.07) is 15.8. The number of hydrogen-bond acceptors (Lipinski definition) is 5. The second-order valence-corrected chi connectivity index (χ2v) is 7.23. The predicted octanol–water partition coefficient (Wildman–Crippen LogP) is 3.31. The summed E-state index contributed by atoms with van der Waals surface area (Å²) < 4.78 is 10.5. The number of rotatable bonds is 8. The molecule has 2 amide bonds. The molecule has 1 saturated carbocycles. The van der Waals surface area contributed by atoms with Crippen molar-refractivity contribution < 1.29 is 23.9 Å². The lowest BCUT2D eigenvalue weighted by Crippen LogP contribution is -2.33. The first-order valence-corrected chi connectivity index (χ1v) is 10.1. The van der Waals surface area contributed by atoms with Crippen LogP contribution in [0.3, 0.4) is 0 Å². The monoisotopic (exact) mass is 410 g/mol. The Hall–Kier alpha value is -3.35. The molecule has 0 saturated heterocycles. The van der Waals surface area contributed by atoms with Crippen LogP contribution in [0.4, 0.5) is 5.69 Å². The minimum atomic E-state index is -0.857. The maximum absolute atomic E-state index is 12.6. The zero-order valence-corrected chi connectivity index (χ0v) is 16.9. The Morgan fingerprint density at radius 2 is 1.67 bits per heavy atom. The molecule has 2 aromatic carbocycles. The zero-order valence-electron chi connectivity index (χ0n) is 16.9. The zero-order chi connectivity index (χ0) is 21.3. The minimum absolute atomic E-state index is 0.174. The van der Waals surface area contributed by atoms with Crippen LogP contribution < -0.4 is 15.4 Å². The fourth-order valence-electron chi connectivity index (χ4n) is 3.32. The molecule has 158 valence electrons. The van der Waals surface area contributed by atoms with Gasteiger partial charge in [-0.25, -0.2) is 4.79 Å². The van der Waals surface area contributed by atoms with Gasteiger partial charge in [0.15, 0.2) is 12.7 Å². The van der Waals surface area contributed by atoms with E-state index in [-0.39, 0.29) is 11.9 Å². The molecule has 3 rings (SSSR count). The van der Waals surface area contributed by atoms with Gasteiger partial charge in [-0.3, -0.25) is 9.59 Å². The first-order chi connectivity index (χ1) is 14.5. The Morgan fingerprint density at radius 1 is 1.00 bits per heavy atom. The van der Waals surface area contributed by atoms with Gasteiger partial charge >= 0.3 is 5.97 Å². The Morgan fingerprint density at radius 3 is 2.40 bits per heavy atom. The minimum Gasteiger partial charge on any atom is -0.479 e. The van der Waals surface area contributed by atoms with Gasteiger partial charge in [0, 0.05) is 6.04 Å². The summed E-state index contributed by atoms with van der Waals surface area (Å²) in [4.78, 5) is 36.9. The largest absolute Gasteiger partial charge is 0.479 e. The van der Waals surface area contributed by atoms with Gasteiger partial charge in [0.2, 0.25) is 0 Å². The number of nitrogens with one attached hydrogen (secondary N) is 2. The number of benzene rings is 2. The number of carbonyl (C=O) groups excluding carboxylic acids is 3. The highest BCUT2D eigenvalue weighted by Gasteiger charge is 2.21. The van der Waals surface area contributed by atoms with Gasteiger partial charge in [-0.15, -0.1) is 0 Å². The molecule has 2 aromatic rings. The van der Waals surface area contributed by atoms with Gasteiger partial charge in [-0.05, 0) is 44.0 Å². The number of esters is 1. The van der Waals surface area contributed by atoms with Crippen LogP contribution >= 0.6 is 0 Å². The van der Waals surface area contributed by atoms with Crippen molar-refractivity contribution >= 4 is 23.5 Å². The molecule has 0 spiro atoms. The summed E-state index contributed by atoms with van der Waals surface area (Å²) in [7, 11) is 0. The van der Waals surface area contributed by atoms with E-state index in [9.17, 15) is 14.4 Å². The van der Waals surface area contributed by atoms with Gasteiger partial charge in [-0.1, -0.05) is 43.2 Å². The van der Waals surface area contributed by atoms with Crippen molar-refractivity contribution in [2.75, 3.05) is 11.9 Å². The molecule has 1 fully saturated rings. The van der Waals surface area contributed by atoms with Gasteiger partial charge in [0.25, 0.3) is 11.8 Å². The smallest absolute Gasteiger partial charge is 0.347 e. The molecule has 0 unspecified atom stereocenters. The fourth-order valence-corrected chi connectivity index (χ4v) is 3.32. The normalized spacial score (nSPS) is 14.6. The van der Waals surface area contributed by atoms with Crippen molar-refractivity contribution in [2.24, 2.45) is 0 Å². The van der Waals surface area contributed by atoms with Gasteiger partial charge in [0.1, 0.15) is 5.75 Å². The molecular formula is C23H26N2O5. The van der Waals surface area contributed by atoms with Crippen LogP contribution in [-0.4, -0.2) is 36.5 Å². The van der Waals surface area contributed by atoms with Crippen LogP contribution in [0, 0.1) is 0 Å². The molecule has 30 heavy (non-hydrogen) atoms. The Bertz CT molecular complexity index is 878. The number of para-hydroxylation sites is 2. The van der Waals surface area contributed by atoms with Gasteiger partial charge < -0.3 is 20.1 Å². The van der Waals surface area contributed by atoms with Crippen molar-refractivity contribution in [3.05, 3.63) is 60.2 Å². The van der Waals surface area contributed by atoms with Crippen LogP contribution in [0.15, 0.2) is 54.6 Å². The average molecular weight is 410 g/mol. The molecule has 1 atom stereocenters. The van der Waals surface area contributed by atoms with Crippen LogP contribution in [0.1, 0.15) is 43.0 Å². The van der Waals surface area contributed by atoms with Gasteiger partial charge in [-0.2, -0.15) is 0 Å². The highest BCUT2D eigenvalue weighted by Crippen LogP contribution is 2.20. The Balaban J connectivity index is 1.51. The highest BCUT2D eigenvalue weighted by molar-refractivity contribution is 6.04. The van der Waals surface area contributed by atoms with E-state index >= 15 is 0 Å². The van der Waals surface area contributed by atoms with E-state index in [2.05, 4.69) is 10.6 Å². The topological polar surface area (TPSA) is 93.7 Å². The first kappa shape index (κ1) is 21.4. The maximum Gasteiger partial charge on any atom is 0.347 e. The molecule has 0 aromatic heterocycles. The number of carbonyl (C=O) groups is 3. The molecular weight excluding hydrogens is 384 g/mol. The number of amides is 2. The highest BCUT2D eigenvalue weighted by atomic mass is 16.6. The molecule has 0 heterocycles. The fraction of sp³-hybridized carbons (Fsp3) is 0.348. The molecule has 7 heteroatoms. The van der Waals surface area contributed by atoms with Crippen LogP contribution in [0.5, 0.6) is 5.75 Å². The third-order valence-corrected chi connectivity index (χ3v) is 4.87. The summed E-state index contributed by atoms with van der Waals surface area (Å²) in [6.45, 7) is 1.08. The average Bonchev–Trinajstić information content (AvgIpc) is 3.26. The lowest BCUT2D eigenvalue weighted by molar-refractivity contribution is -0.153. The summed E-state index contributed by atoms with van der Waals surface area (Å²) in [5.74, 6) is -0.870. The van der Waals surface area contributed by atoms with E-state index in [1.807, 2.05) is 6.07 Å². The van der Waals surface area contributed by atoms with Crippen LogP contribution in [0.25, 0.3) is 0 Å². The van der Waals surface area contributed by atoms with Crippen molar-refractivity contribution in [2.45, 2.75) is 44.8 Å². The number of ether oxygens (including phenoxy) is 2. The molecule has 0 aliphatic heterocycles. The molecule has 7 nitrogen and oxygen atoms in total.